The quantitative estimate of drug-likeness (QED) is 0.404. The third-order valence-corrected chi connectivity index (χ3v) is 4.55. The fourth-order valence-electron chi connectivity index (χ4n) is 3.01. The Morgan fingerprint density at radius 3 is 2.36 bits per heavy atom. The van der Waals surface area contributed by atoms with Crippen LogP contribution in [-0.4, -0.2) is 40.7 Å². The lowest BCUT2D eigenvalue weighted by molar-refractivity contribution is -0.146. The van der Waals surface area contributed by atoms with Gasteiger partial charge in [-0.05, 0) is 24.3 Å². The first-order valence-electron chi connectivity index (χ1n) is 10.1. The zero-order valence-corrected chi connectivity index (χ0v) is 17.4. The summed E-state index contributed by atoms with van der Waals surface area (Å²) in [5.74, 6) is -1.36. The number of furan rings is 1. The van der Waals surface area contributed by atoms with Crippen molar-refractivity contribution in [3.05, 3.63) is 90.9 Å². The molecule has 2 aromatic carbocycles. The van der Waals surface area contributed by atoms with Crippen molar-refractivity contribution in [1.29, 1.82) is 0 Å². The molecule has 0 aliphatic heterocycles. The van der Waals surface area contributed by atoms with E-state index in [-0.39, 0.29) is 5.76 Å². The predicted molar refractivity (Wildman–Crippen MR) is 120 cm³/mol. The third kappa shape index (κ3) is 5.53. The van der Waals surface area contributed by atoms with E-state index in [1.54, 1.807) is 16.8 Å². The van der Waals surface area contributed by atoms with E-state index in [9.17, 15) is 14.4 Å². The number of carbonyl (C=O) groups excluding carboxylic acids is 3. The van der Waals surface area contributed by atoms with Crippen LogP contribution in [0.5, 0.6) is 0 Å². The average Bonchev–Trinajstić information content (AvgIpc) is 3.53. The van der Waals surface area contributed by atoms with Crippen LogP contribution in [0.25, 0.3) is 16.9 Å². The van der Waals surface area contributed by atoms with Crippen molar-refractivity contribution in [3.63, 3.8) is 0 Å². The number of para-hydroxylation sites is 1. The summed E-state index contributed by atoms with van der Waals surface area (Å²) in [5, 5.41) is 9.69. The van der Waals surface area contributed by atoms with Crippen molar-refractivity contribution >= 4 is 23.6 Å². The molecule has 0 saturated heterocycles. The maximum Gasteiger partial charge on any atom is 0.325 e. The van der Waals surface area contributed by atoms with Crippen LogP contribution in [0.3, 0.4) is 0 Å². The Kier molecular flexibility index (Phi) is 6.60. The summed E-state index contributed by atoms with van der Waals surface area (Å²) in [7, 11) is 0. The molecule has 2 aromatic heterocycles. The Hall–Kier alpha value is -4.66. The topological polar surface area (TPSA) is 115 Å². The molecule has 0 unspecified atom stereocenters. The number of carbonyl (C=O) groups is 3. The largest absolute Gasteiger partial charge is 0.459 e. The van der Waals surface area contributed by atoms with Gasteiger partial charge in [-0.1, -0.05) is 48.5 Å². The second-order valence-corrected chi connectivity index (χ2v) is 6.90. The Bertz CT molecular complexity index is 1230. The molecule has 4 rings (SSSR count). The van der Waals surface area contributed by atoms with E-state index in [0.717, 1.165) is 11.3 Å². The number of rotatable bonds is 8. The Morgan fingerprint density at radius 1 is 0.939 bits per heavy atom. The minimum absolute atomic E-state index is 0.0731. The molecule has 0 aliphatic rings. The van der Waals surface area contributed by atoms with Crippen LogP contribution in [0, 0.1) is 0 Å². The minimum Gasteiger partial charge on any atom is -0.459 e. The molecule has 0 atom stereocenters. The molecule has 2 N–H and O–H groups in total. The van der Waals surface area contributed by atoms with Gasteiger partial charge in [-0.2, -0.15) is 5.10 Å². The lowest BCUT2D eigenvalue weighted by atomic mass is 10.2. The van der Waals surface area contributed by atoms with E-state index in [1.165, 1.54) is 12.3 Å². The van der Waals surface area contributed by atoms with Crippen LogP contribution >= 0.6 is 0 Å². The number of hydrogen-bond acceptors (Lipinski definition) is 6. The molecule has 0 spiro atoms. The molecule has 0 fully saturated rings. The molecular formula is C24H20N4O5. The zero-order chi connectivity index (χ0) is 23.0. The number of aromatic nitrogens is 2. The number of amides is 2. The first kappa shape index (κ1) is 21.6. The number of ether oxygens (including phenoxy) is 1. The van der Waals surface area contributed by atoms with Gasteiger partial charge >= 0.3 is 5.97 Å². The highest BCUT2D eigenvalue weighted by Crippen LogP contribution is 2.24. The fourth-order valence-corrected chi connectivity index (χ4v) is 3.01. The van der Waals surface area contributed by atoms with Gasteiger partial charge in [0.05, 0.1) is 17.6 Å². The number of anilines is 1. The summed E-state index contributed by atoms with van der Waals surface area (Å²) in [6, 6.07) is 23.6. The molecule has 0 bridgehead atoms. The molecule has 2 amide bonds. The van der Waals surface area contributed by atoms with Crippen LogP contribution in [0.2, 0.25) is 0 Å². The zero-order valence-electron chi connectivity index (χ0n) is 17.4. The van der Waals surface area contributed by atoms with Crippen LogP contribution in [0.1, 0.15) is 10.6 Å². The second kappa shape index (κ2) is 10.1. The molecule has 33 heavy (non-hydrogen) atoms. The highest BCUT2D eigenvalue weighted by Gasteiger charge is 2.16. The van der Waals surface area contributed by atoms with E-state index in [4.69, 9.17) is 9.15 Å². The van der Waals surface area contributed by atoms with Gasteiger partial charge in [0.1, 0.15) is 12.4 Å². The lowest BCUT2D eigenvalue weighted by Gasteiger charge is -2.09. The summed E-state index contributed by atoms with van der Waals surface area (Å²) >= 11 is 0. The molecule has 0 saturated carbocycles. The van der Waals surface area contributed by atoms with Gasteiger partial charge < -0.3 is 19.8 Å². The van der Waals surface area contributed by atoms with Crippen molar-refractivity contribution in [2.75, 3.05) is 18.5 Å². The molecule has 166 valence electrons. The van der Waals surface area contributed by atoms with Crippen molar-refractivity contribution in [1.82, 2.24) is 15.1 Å². The van der Waals surface area contributed by atoms with Crippen molar-refractivity contribution in [2.24, 2.45) is 0 Å². The minimum atomic E-state index is -0.758. The maximum absolute atomic E-state index is 12.4. The standard InChI is InChI=1S/C24H20N4O5/c29-22(16-33-23(30)15-25-24(31)20-12-7-13-32-20)26-21-14-19(17-8-3-1-4-9-17)27-28(21)18-10-5-2-6-11-18/h1-14H,15-16H2,(H,25,31)(H,26,29). The molecule has 9 heteroatoms. The van der Waals surface area contributed by atoms with Crippen LogP contribution < -0.4 is 10.6 Å². The van der Waals surface area contributed by atoms with Gasteiger partial charge in [-0.3, -0.25) is 14.4 Å². The first-order valence-corrected chi connectivity index (χ1v) is 10.1. The summed E-state index contributed by atoms with van der Waals surface area (Å²) in [5.41, 5.74) is 2.32. The number of nitrogens with zero attached hydrogens (tertiary/aromatic N) is 2. The molecule has 0 aliphatic carbocycles. The van der Waals surface area contributed by atoms with Gasteiger partial charge in [-0.25, -0.2) is 4.68 Å². The highest BCUT2D eigenvalue weighted by atomic mass is 16.5. The van der Waals surface area contributed by atoms with Gasteiger partial charge in [0.25, 0.3) is 11.8 Å². The SMILES string of the molecule is O=C(COC(=O)CNC(=O)c1ccco1)Nc1cc(-c2ccccc2)nn1-c1ccccc1. The number of nitrogens with one attached hydrogen (secondary N) is 2. The van der Waals surface area contributed by atoms with Crippen molar-refractivity contribution in [2.45, 2.75) is 0 Å². The van der Waals surface area contributed by atoms with Crippen LogP contribution in [0.15, 0.2) is 89.5 Å². The fraction of sp³-hybridized carbons (Fsp3) is 0.0833. The summed E-state index contributed by atoms with van der Waals surface area (Å²) < 4.78 is 11.5. The summed E-state index contributed by atoms with van der Waals surface area (Å²) in [6.45, 7) is -0.914. The van der Waals surface area contributed by atoms with Crippen LogP contribution in [0.4, 0.5) is 5.82 Å². The van der Waals surface area contributed by atoms with E-state index < -0.39 is 30.9 Å². The summed E-state index contributed by atoms with van der Waals surface area (Å²) in [6.07, 6.45) is 1.35. The smallest absolute Gasteiger partial charge is 0.325 e. The number of hydrogen-bond donors (Lipinski definition) is 2. The molecular weight excluding hydrogens is 424 g/mol. The highest BCUT2D eigenvalue weighted by molar-refractivity contribution is 5.95. The second-order valence-electron chi connectivity index (χ2n) is 6.90. The maximum atomic E-state index is 12.4. The molecule has 2 heterocycles. The molecule has 0 radical (unpaired) electrons. The predicted octanol–water partition coefficient (Wildman–Crippen LogP) is 3.04. The van der Waals surface area contributed by atoms with E-state index >= 15 is 0 Å². The Morgan fingerprint density at radius 2 is 1.67 bits per heavy atom. The molecule has 9 nitrogen and oxygen atoms in total. The van der Waals surface area contributed by atoms with Crippen molar-refractivity contribution in [3.8, 4) is 16.9 Å². The van der Waals surface area contributed by atoms with E-state index in [0.29, 0.717) is 11.5 Å². The average molecular weight is 444 g/mol. The van der Waals surface area contributed by atoms with E-state index in [2.05, 4.69) is 15.7 Å². The summed E-state index contributed by atoms with van der Waals surface area (Å²) in [4.78, 5) is 36.1. The van der Waals surface area contributed by atoms with Crippen molar-refractivity contribution < 1.29 is 23.5 Å². The monoisotopic (exact) mass is 444 g/mol. The van der Waals surface area contributed by atoms with Gasteiger partial charge in [0.2, 0.25) is 0 Å². The first-order chi connectivity index (χ1) is 16.1. The normalized spacial score (nSPS) is 10.4. The number of esters is 1. The Balaban J connectivity index is 1.39. The molecule has 4 aromatic rings. The van der Waals surface area contributed by atoms with Crippen LogP contribution in [-0.2, 0) is 14.3 Å². The number of benzene rings is 2. The lowest BCUT2D eigenvalue weighted by Crippen LogP contribution is -2.32. The van der Waals surface area contributed by atoms with Gasteiger partial charge in [0.15, 0.2) is 12.4 Å². The van der Waals surface area contributed by atoms with Gasteiger partial charge in [0, 0.05) is 11.6 Å². The third-order valence-electron chi connectivity index (χ3n) is 4.55. The van der Waals surface area contributed by atoms with Gasteiger partial charge in [-0.15, -0.1) is 0 Å². The Labute approximate surface area is 189 Å². The van der Waals surface area contributed by atoms with E-state index in [1.807, 2.05) is 60.7 Å².